The second kappa shape index (κ2) is 11.0. The molecule has 0 aromatic carbocycles. The topological polar surface area (TPSA) is 137 Å². The summed E-state index contributed by atoms with van der Waals surface area (Å²) in [5, 5.41) is 5.48. The van der Waals surface area contributed by atoms with Crippen LogP contribution in [0.3, 0.4) is 0 Å². The van der Waals surface area contributed by atoms with E-state index in [1.165, 1.54) is 25.7 Å². The molecular formula is C27H42F3N5O6. The maximum Gasteiger partial charge on any atom is 0.471 e. The number of likely N-dealkylation sites (tertiary alicyclic amines) is 1. The van der Waals surface area contributed by atoms with E-state index < -0.39 is 59.0 Å². The first-order valence-corrected chi connectivity index (χ1v) is 13.8. The number of amides is 5. The number of ether oxygens (including phenoxy) is 1. The van der Waals surface area contributed by atoms with Crippen LogP contribution >= 0.6 is 0 Å². The van der Waals surface area contributed by atoms with Gasteiger partial charge in [-0.05, 0) is 56.3 Å². The van der Waals surface area contributed by atoms with E-state index in [9.17, 15) is 37.1 Å². The van der Waals surface area contributed by atoms with E-state index in [0.717, 1.165) is 5.01 Å². The number of hydrogen-bond donors (Lipinski definition) is 3. The third kappa shape index (κ3) is 7.24. The summed E-state index contributed by atoms with van der Waals surface area (Å²) < 4.78 is 44.7. The number of hydrazine groups is 1. The van der Waals surface area contributed by atoms with Crippen LogP contribution in [0.15, 0.2) is 0 Å². The van der Waals surface area contributed by atoms with Crippen LogP contribution in [-0.2, 0) is 23.9 Å². The van der Waals surface area contributed by atoms with Crippen LogP contribution in [-0.4, -0.2) is 83.1 Å². The molecule has 0 spiro atoms. The minimum absolute atomic E-state index is 0.0977. The summed E-state index contributed by atoms with van der Waals surface area (Å²) in [6.45, 7) is 13.8. The van der Waals surface area contributed by atoms with Crippen molar-refractivity contribution in [1.29, 1.82) is 0 Å². The molecule has 11 nitrogen and oxygen atoms in total. The van der Waals surface area contributed by atoms with Crippen molar-refractivity contribution in [1.82, 2.24) is 26.0 Å². The molecule has 0 aromatic rings. The number of carbonyl (C=O) groups excluding carboxylic acids is 5. The molecule has 5 atom stereocenters. The second-order valence-electron chi connectivity index (χ2n) is 13.9. The second-order valence-corrected chi connectivity index (χ2v) is 13.9. The lowest BCUT2D eigenvalue weighted by molar-refractivity contribution is -0.176. The Kier molecular flexibility index (Phi) is 8.69. The Labute approximate surface area is 238 Å². The fourth-order valence-corrected chi connectivity index (χ4v) is 5.75. The lowest BCUT2D eigenvalue weighted by Crippen LogP contribution is -2.62. The van der Waals surface area contributed by atoms with Gasteiger partial charge in [0.15, 0.2) is 0 Å². The molecule has 2 saturated heterocycles. The number of nitrogens with one attached hydrogen (secondary N) is 3. The highest BCUT2D eigenvalue weighted by molar-refractivity contribution is 5.95. The number of alkyl halides is 3. The zero-order valence-corrected chi connectivity index (χ0v) is 24.9. The van der Waals surface area contributed by atoms with Gasteiger partial charge in [-0.2, -0.15) is 13.2 Å². The monoisotopic (exact) mass is 589 g/mol. The predicted octanol–water partition coefficient (Wildman–Crippen LogP) is 2.36. The highest BCUT2D eigenvalue weighted by Gasteiger charge is 2.70. The fraction of sp³-hybridized carbons (Fsp3) is 0.815. The first-order chi connectivity index (χ1) is 18.6. The maximum atomic E-state index is 13.8. The molecule has 3 aliphatic rings. The predicted molar refractivity (Wildman–Crippen MR) is 141 cm³/mol. The van der Waals surface area contributed by atoms with E-state index >= 15 is 0 Å². The third-order valence-electron chi connectivity index (χ3n) is 8.07. The van der Waals surface area contributed by atoms with Gasteiger partial charge in [0.25, 0.3) is 5.91 Å². The molecular weight excluding hydrogens is 547 g/mol. The minimum atomic E-state index is -5.20. The van der Waals surface area contributed by atoms with Crippen molar-refractivity contribution in [2.75, 3.05) is 19.6 Å². The lowest BCUT2D eigenvalue weighted by atomic mass is 9.85. The van der Waals surface area contributed by atoms with Gasteiger partial charge in [-0.3, -0.25) is 24.6 Å². The van der Waals surface area contributed by atoms with E-state index in [1.807, 2.05) is 19.2 Å². The Morgan fingerprint density at radius 3 is 2.24 bits per heavy atom. The van der Waals surface area contributed by atoms with Gasteiger partial charge in [-0.1, -0.05) is 34.6 Å². The molecule has 3 rings (SSSR count). The van der Waals surface area contributed by atoms with Crippen LogP contribution in [0, 0.1) is 28.6 Å². The number of hydrogen-bond acceptors (Lipinski definition) is 6. The Morgan fingerprint density at radius 1 is 1.12 bits per heavy atom. The van der Waals surface area contributed by atoms with Crippen molar-refractivity contribution >= 4 is 29.7 Å². The van der Waals surface area contributed by atoms with Crippen LogP contribution in [0.4, 0.5) is 18.0 Å². The van der Waals surface area contributed by atoms with Crippen molar-refractivity contribution in [2.45, 2.75) is 92.1 Å². The average molecular weight is 590 g/mol. The van der Waals surface area contributed by atoms with E-state index in [0.29, 0.717) is 19.4 Å². The van der Waals surface area contributed by atoms with Gasteiger partial charge in [0.05, 0.1) is 12.5 Å². The zero-order chi connectivity index (χ0) is 31.3. The van der Waals surface area contributed by atoms with E-state index in [1.54, 1.807) is 20.8 Å². The largest absolute Gasteiger partial charge is 0.471 e. The van der Waals surface area contributed by atoms with E-state index in [4.69, 9.17) is 4.74 Å². The molecule has 2 heterocycles. The Balaban J connectivity index is 1.89. The molecule has 232 valence electrons. The van der Waals surface area contributed by atoms with Gasteiger partial charge < -0.3 is 20.3 Å². The summed E-state index contributed by atoms with van der Waals surface area (Å²) in [5.41, 5.74) is 0.183. The number of carbonyl (C=O) groups is 5. The van der Waals surface area contributed by atoms with Crippen molar-refractivity contribution in [3.8, 4) is 0 Å². The Hall–Kier alpha value is -3.06. The van der Waals surface area contributed by atoms with Crippen molar-refractivity contribution in [3.63, 3.8) is 0 Å². The summed E-state index contributed by atoms with van der Waals surface area (Å²) in [4.78, 5) is 66.1. The molecule has 2 aliphatic heterocycles. The molecule has 1 saturated carbocycles. The molecule has 0 unspecified atom stereocenters. The van der Waals surface area contributed by atoms with Gasteiger partial charge in [0, 0.05) is 13.1 Å². The van der Waals surface area contributed by atoms with E-state index in [-0.39, 0.29) is 36.2 Å². The average Bonchev–Trinajstić information content (AvgIpc) is 3.13. The smallest absolute Gasteiger partial charge is 0.442 e. The molecule has 5 amide bonds. The van der Waals surface area contributed by atoms with Crippen molar-refractivity contribution < 1.29 is 41.9 Å². The van der Waals surface area contributed by atoms with Gasteiger partial charge in [-0.25, -0.2) is 9.80 Å². The molecule has 0 aromatic heterocycles. The number of halogens is 3. The molecule has 1 aliphatic carbocycles. The van der Waals surface area contributed by atoms with Crippen LogP contribution in [0.2, 0.25) is 0 Å². The molecule has 3 N–H and O–H groups in total. The van der Waals surface area contributed by atoms with Crippen LogP contribution in [0.25, 0.3) is 0 Å². The number of nitrogens with zero attached hydrogens (tertiary/aromatic N) is 2. The van der Waals surface area contributed by atoms with Crippen LogP contribution in [0.1, 0.15) is 68.2 Å². The normalized spacial score (nSPS) is 26.3. The minimum Gasteiger partial charge on any atom is -0.442 e. The SMILES string of the molecule is CC(C)(C)OC(=O)N(C[C@@H]1CCCNC1=O)NC(=O)[C@@H]1[C@@H]2[C@H](CN1C(=O)[C@@H](NC(=O)C(F)(F)F)C(C)(C)C)C2(C)C. The van der Waals surface area contributed by atoms with Crippen LogP contribution < -0.4 is 16.1 Å². The van der Waals surface area contributed by atoms with Gasteiger partial charge >= 0.3 is 18.2 Å². The molecule has 14 heteroatoms. The molecule has 3 fully saturated rings. The highest BCUT2D eigenvalue weighted by atomic mass is 19.4. The van der Waals surface area contributed by atoms with Crippen molar-refractivity contribution in [3.05, 3.63) is 0 Å². The van der Waals surface area contributed by atoms with Crippen molar-refractivity contribution in [2.24, 2.45) is 28.6 Å². The Morgan fingerprint density at radius 2 is 1.73 bits per heavy atom. The first kappa shape index (κ1) is 32.5. The summed E-state index contributed by atoms with van der Waals surface area (Å²) in [6.07, 6.45) is -4.92. The summed E-state index contributed by atoms with van der Waals surface area (Å²) >= 11 is 0. The summed E-state index contributed by atoms with van der Waals surface area (Å²) in [7, 11) is 0. The fourth-order valence-electron chi connectivity index (χ4n) is 5.75. The van der Waals surface area contributed by atoms with Gasteiger partial charge in [0.1, 0.15) is 17.7 Å². The van der Waals surface area contributed by atoms with E-state index in [2.05, 4.69) is 10.7 Å². The molecule has 0 bridgehead atoms. The van der Waals surface area contributed by atoms with Gasteiger partial charge in [-0.15, -0.1) is 0 Å². The highest BCUT2D eigenvalue weighted by Crippen LogP contribution is 2.65. The van der Waals surface area contributed by atoms with Gasteiger partial charge in [0.2, 0.25) is 11.8 Å². The lowest BCUT2D eigenvalue weighted by Gasteiger charge is -2.38. The quantitative estimate of drug-likeness (QED) is 0.421. The van der Waals surface area contributed by atoms with Crippen LogP contribution in [0.5, 0.6) is 0 Å². The standard InChI is InChI=1S/C27H42F3N5O6/c1-24(2,3)18(32-22(39)27(28,29)30)21(38)34-13-15-16(26(15,7)8)17(34)20(37)33-35(23(40)41-25(4,5)6)12-14-10-9-11-31-19(14)36/h14-18H,9-13H2,1-8H3,(H,31,36)(H,32,39)(H,33,37)/t14-,15-,16-,17-,18+/m0/s1. The Bertz CT molecular complexity index is 1080. The zero-order valence-electron chi connectivity index (χ0n) is 24.9. The summed E-state index contributed by atoms with van der Waals surface area (Å²) in [6, 6.07) is -2.69. The maximum absolute atomic E-state index is 13.8. The summed E-state index contributed by atoms with van der Waals surface area (Å²) in [5.74, 6) is -5.12. The number of piperidine rings is 2. The number of rotatable bonds is 5. The molecule has 41 heavy (non-hydrogen) atoms. The third-order valence-corrected chi connectivity index (χ3v) is 8.07. The first-order valence-electron chi connectivity index (χ1n) is 13.8. The molecule has 0 radical (unpaired) electrons. The number of fused-ring (bicyclic) bond motifs is 1.